The van der Waals surface area contributed by atoms with Gasteiger partial charge in [-0.1, -0.05) is 0 Å². The standard InChI is InChI=1S/C13H14N2O4/c1-2-18-13(17)10-6-5-9(11-4-3-7-19-11)15(10)8-12(14)16/h3-7H,2,8H2,1H3,(H2,14,16). The summed E-state index contributed by atoms with van der Waals surface area (Å²) in [5, 5.41) is 0. The third kappa shape index (κ3) is 2.67. The number of amides is 1. The molecule has 0 fully saturated rings. The van der Waals surface area contributed by atoms with Crippen molar-refractivity contribution in [3.63, 3.8) is 0 Å². The molecule has 0 aromatic carbocycles. The average molecular weight is 262 g/mol. The van der Waals surface area contributed by atoms with Crippen LogP contribution in [0.2, 0.25) is 0 Å². The second kappa shape index (κ2) is 5.43. The Morgan fingerprint density at radius 3 is 2.74 bits per heavy atom. The summed E-state index contributed by atoms with van der Waals surface area (Å²) in [6.07, 6.45) is 1.51. The second-order valence-electron chi connectivity index (χ2n) is 3.85. The maximum Gasteiger partial charge on any atom is 0.354 e. The molecule has 0 saturated heterocycles. The minimum Gasteiger partial charge on any atom is -0.463 e. The summed E-state index contributed by atoms with van der Waals surface area (Å²) in [7, 11) is 0. The minimum atomic E-state index is -0.547. The summed E-state index contributed by atoms with van der Waals surface area (Å²) < 4.78 is 11.7. The predicted molar refractivity (Wildman–Crippen MR) is 67.3 cm³/mol. The molecule has 0 unspecified atom stereocenters. The van der Waals surface area contributed by atoms with E-state index in [1.807, 2.05) is 0 Å². The number of esters is 1. The first-order valence-corrected chi connectivity index (χ1v) is 5.82. The second-order valence-corrected chi connectivity index (χ2v) is 3.85. The highest BCUT2D eigenvalue weighted by molar-refractivity contribution is 5.90. The van der Waals surface area contributed by atoms with E-state index in [4.69, 9.17) is 14.9 Å². The molecule has 2 aromatic rings. The summed E-state index contributed by atoms with van der Waals surface area (Å²) in [5.74, 6) is -0.493. The van der Waals surface area contributed by atoms with Gasteiger partial charge in [-0.05, 0) is 31.2 Å². The van der Waals surface area contributed by atoms with Crippen molar-refractivity contribution in [1.82, 2.24) is 4.57 Å². The van der Waals surface area contributed by atoms with Crippen LogP contribution in [0.1, 0.15) is 17.4 Å². The number of primary amides is 1. The van der Waals surface area contributed by atoms with Gasteiger partial charge in [-0.2, -0.15) is 0 Å². The van der Waals surface area contributed by atoms with Gasteiger partial charge in [0.2, 0.25) is 5.91 Å². The Morgan fingerprint density at radius 1 is 1.37 bits per heavy atom. The molecule has 19 heavy (non-hydrogen) atoms. The molecule has 0 aliphatic rings. The van der Waals surface area contributed by atoms with Gasteiger partial charge < -0.3 is 19.5 Å². The van der Waals surface area contributed by atoms with E-state index in [1.165, 1.54) is 10.8 Å². The van der Waals surface area contributed by atoms with E-state index in [0.29, 0.717) is 11.5 Å². The number of rotatable bonds is 5. The van der Waals surface area contributed by atoms with Gasteiger partial charge in [0.1, 0.15) is 18.0 Å². The van der Waals surface area contributed by atoms with E-state index in [2.05, 4.69) is 0 Å². The molecule has 6 heteroatoms. The molecule has 0 atom stereocenters. The van der Waals surface area contributed by atoms with Gasteiger partial charge >= 0.3 is 5.97 Å². The highest BCUT2D eigenvalue weighted by Crippen LogP contribution is 2.23. The Hall–Kier alpha value is -2.50. The Bertz CT molecular complexity index is 584. The molecular formula is C13H14N2O4. The molecule has 0 radical (unpaired) electrons. The number of nitrogens with zero attached hydrogens (tertiary/aromatic N) is 1. The summed E-state index contributed by atoms with van der Waals surface area (Å²) in [6.45, 7) is 1.86. The number of furan rings is 1. The molecule has 6 nitrogen and oxygen atoms in total. The van der Waals surface area contributed by atoms with Crippen LogP contribution in [-0.4, -0.2) is 23.1 Å². The van der Waals surface area contributed by atoms with E-state index in [1.54, 1.807) is 31.2 Å². The van der Waals surface area contributed by atoms with Crippen molar-refractivity contribution in [2.24, 2.45) is 5.73 Å². The molecule has 1 amide bonds. The number of hydrogen-bond donors (Lipinski definition) is 1. The first-order valence-electron chi connectivity index (χ1n) is 5.82. The zero-order chi connectivity index (χ0) is 13.8. The van der Waals surface area contributed by atoms with Gasteiger partial charge in [0.15, 0.2) is 0 Å². The quantitative estimate of drug-likeness (QED) is 0.825. The minimum absolute atomic E-state index is 0.114. The maximum atomic E-state index is 11.8. The van der Waals surface area contributed by atoms with Crippen LogP contribution >= 0.6 is 0 Å². The number of nitrogens with two attached hydrogens (primary N) is 1. The molecule has 0 bridgehead atoms. The Kier molecular flexibility index (Phi) is 3.70. The van der Waals surface area contributed by atoms with Crippen LogP contribution < -0.4 is 5.73 Å². The van der Waals surface area contributed by atoms with Gasteiger partial charge in [0.25, 0.3) is 0 Å². The lowest BCUT2D eigenvalue weighted by molar-refractivity contribution is -0.118. The number of carbonyl (C=O) groups excluding carboxylic acids is 2. The van der Waals surface area contributed by atoms with E-state index < -0.39 is 11.9 Å². The molecule has 0 saturated carbocycles. The Balaban J connectivity index is 2.45. The number of hydrogen-bond acceptors (Lipinski definition) is 4. The van der Waals surface area contributed by atoms with Gasteiger partial charge in [-0.25, -0.2) is 4.79 Å². The fraction of sp³-hybridized carbons (Fsp3) is 0.231. The molecule has 0 aliphatic carbocycles. The number of aromatic nitrogens is 1. The van der Waals surface area contributed by atoms with E-state index in [9.17, 15) is 9.59 Å². The van der Waals surface area contributed by atoms with Crippen molar-refractivity contribution in [2.45, 2.75) is 13.5 Å². The van der Waals surface area contributed by atoms with E-state index in [-0.39, 0.29) is 18.8 Å². The van der Waals surface area contributed by atoms with Gasteiger partial charge in [-0.15, -0.1) is 0 Å². The molecule has 2 rings (SSSR count). The Labute approximate surface area is 109 Å². The van der Waals surface area contributed by atoms with Crippen molar-refractivity contribution in [2.75, 3.05) is 6.61 Å². The highest BCUT2D eigenvalue weighted by Gasteiger charge is 2.19. The van der Waals surface area contributed by atoms with Crippen LogP contribution in [0.3, 0.4) is 0 Å². The number of ether oxygens (including phenoxy) is 1. The smallest absolute Gasteiger partial charge is 0.354 e. The molecule has 0 spiro atoms. The van der Waals surface area contributed by atoms with Crippen LogP contribution in [-0.2, 0) is 16.1 Å². The molecular weight excluding hydrogens is 248 g/mol. The van der Waals surface area contributed by atoms with Crippen LogP contribution in [0.5, 0.6) is 0 Å². The monoisotopic (exact) mass is 262 g/mol. The van der Waals surface area contributed by atoms with Crippen LogP contribution in [0.4, 0.5) is 0 Å². The fourth-order valence-electron chi connectivity index (χ4n) is 1.82. The largest absolute Gasteiger partial charge is 0.463 e. The summed E-state index contributed by atoms with van der Waals surface area (Å²) in [6, 6.07) is 6.73. The normalized spacial score (nSPS) is 10.4. The summed E-state index contributed by atoms with van der Waals surface area (Å²) >= 11 is 0. The first kappa shape index (κ1) is 12.9. The molecule has 0 aliphatic heterocycles. The summed E-state index contributed by atoms with van der Waals surface area (Å²) in [5.41, 5.74) is 6.08. The van der Waals surface area contributed by atoms with Crippen LogP contribution in [0.15, 0.2) is 34.9 Å². The third-order valence-corrected chi connectivity index (χ3v) is 2.55. The predicted octanol–water partition coefficient (Wildman–Crippen LogP) is 1.41. The van der Waals surface area contributed by atoms with E-state index >= 15 is 0 Å². The van der Waals surface area contributed by atoms with Crippen LogP contribution in [0.25, 0.3) is 11.5 Å². The highest BCUT2D eigenvalue weighted by atomic mass is 16.5. The van der Waals surface area contributed by atoms with Crippen molar-refractivity contribution in [3.05, 3.63) is 36.2 Å². The molecule has 100 valence electrons. The number of carbonyl (C=O) groups is 2. The Morgan fingerprint density at radius 2 is 2.16 bits per heavy atom. The fourth-order valence-corrected chi connectivity index (χ4v) is 1.82. The van der Waals surface area contributed by atoms with Gasteiger partial charge in [0.05, 0.1) is 18.6 Å². The van der Waals surface area contributed by atoms with Crippen molar-refractivity contribution >= 4 is 11.9 Å². The lowest BCUT2D eigenvalue weighted by Gasteiger charge is -2.09. The average Bonchev–Trinajstić information content (AvgIpc) is 2.96. The lowest BCUT2D eigenvalue weighted by Crippen LogP contribution is -2.22. The van der Waals surface area contributed by atoms with Crippen molar-refractivity contribution in [1.29, 1.82) is 0 Å². The first-order chi connectivity index (χ1) is 9.13. The van der Waals surface area contributed by atoms with Gasteiger partial charge in [-0.3, -0.25) is 4.79 Å². The lowest BCUT2D eigenvalue weighted by atomic mass is 10.3. The molecule has 2 N–H and O–H groups in total. The van der Waals surface area contributed by atoms with Crippen molar-refractivity contribution < 1.29 is 18.7 Å². The molecule has 2 heterocycles. The summed E-state index contributed by atoms with van der Waals surface area (Å²) in [4.78, 5) is 22.9. The van der Waals surface area contributed by atoms with Crippen LogP contribution in [0, 0.1) is 0 Å². The zero-order valence-corrected chi connectivity index (χ0v) is 10.5. The van der Waals surface area contributed by atoms with E-state index in [0.717, 1.165) is 0 Å². The molecule has 2 aromatic heterocycles. The van der Waals surface area contributed by atoms with Gasteiger partial charge in [0, 0.05) is 0 Å². The third-order valence-electron chi connectivity index (χ3n) is 2.55. The maximum absolute atomic E-state index is 11.8. The zero-order valence-electron chi connectivity index (χ0n) is 10.5. The SMILES string of the molecule is CCOC(=O)c1ccc(-c2ccco2)n1CC(N)=O. The topological polar surface area (TPSA) is 87.5 Å². The van der Waals surface area contributed by atoms with Crippen molar-refractivity contribution in [3.8, 4) is 11.5 Å².